The Morgan fingerprint density at radius 3 is 2.15 bits per heavy atom. The monoisotopic (exact) mass is 188 g/mol. The largest absolute Gasteiger partial charge is 0.352 e. The number of likely N-dealkylation sites (tertiary alicyclic amines) is 1. The smallest absolute Gasteiger partial charge is 0.157 e. The second kappa shape index (κ2) is 4.40. The Hall–Kier alpha value is -0.120. The van der Waals surface area contributed by atoms with Crippen LogP contribution in [0.4, 0.5) is 0 Å². The zero-order chi connectivity index (χ0) is 9.90. The molecule has 0 spiro atoms. The first-order valence-corrected chi connectivity index (χ1v) is 5.58. The van der Waals surface area contributed by atoms with Crippen molar-refractivity contribution in [2.45, 2.75) is 25.3 Å². The van der Waals surface area contributed by atoms with Crippen molar-refractivity contribution in [3.05, 3.63) is 0 Å². The molecule has 0 bridgehead atoms. The van der Waals surface area contributed by atoms with E-state index in [-0.39, 0.29) is 0 Å². The van der Waals surface area contributed by atoms with E-state index in [1.807, 2.05) is 0 Å². The zero-order valence-electron chi connectivity index (χ0n) is 9.45. The topological polar surface area (TPSA) is 36.5 Å². The standard InChI is InChI=1S/C10H23N3/c1-4-13-7-5-10(9-11,6-8-13)12(2)3/h4-9,11H2,1-3H3/p+3. The van der Waals surface area contributed by atoms with E-state index in [0.29, 0.717) is 5.54 Å². The van der Waals surface area contributed by atoms with E-state index in [2.05, 4.69) is 26.8 Å². The zero-order valence-corrected chi connectivity index (χ0v) is 9.45. The highest BCUT2D eigenvalue weighted by atomic mass is 15.2. The summed E-state index contributed by atoms with van der Waals surface area (Å²) in [6.07, 6.45) is 2.70. The Morgan fingerprint density at radius 1 is 1.31 bits per heavy atom. The third-order valence-corrected chi connectivity index (χ3v) is 3.95. The van der Waals surface area contributed by atoms with Gasteiger partial charge >= 0.3 is 0 Å². The lowest BCUT2D eigenvalue weighted by Crippen LogP contribution is -3.22. The predicted molar refractivity (Wildman–Crippen MR) is 53.8 cm³/mol. The molecule has 1 aliphatic heterocycles. The molecular weight excluding hydrogens is 162 g/mol. The average molecular weight is 188 g/mol. The fraction of sp³-hybridized carbons (Fsp3) is 1.00. The molecule has 1 aliphatic rings. The molecule has 13 heavy (non-hydrogen) atoms. The molecule has 3 heteroatoms. The van der Waals surface area contributed by atoms with Gasteiger partial charge in [0, 0.05) is 0 Å². The summed E-state index contributed by atoms with van der Waals surface area (Å²) in [6, 6.07) is 0. The van der Waals surface area contributed by atoms with E-state index in [9.17, 15) is 0 Å². The molecule has 0 aromatic heterocycles. The number of likely N-dealkylation sites (N-methyl/N-ethyl adjacent to an activating group) is 1. The molecule has 5 N–H and O–H groups in total. The van der Waals surface area contributed by atoms with E-state index in [0.717, 1.165) is 6.54 Å². The number of piperidine rings is 1. The van der Waals surface area contributed by atoms with Crippen LogP contribution >= 0.6 is 0 Å². The molecule has 0 aromatic carbocycles. The molecule has 3 nitrogen and oxygen atoms in total. The first-order valence-electron chi connectivity index (χ1n) is 5.58. The first-order chi connectivity index (χ1) is 6.14. The summed E-state index contributed by atoms with van der Waals surface area (Å²) in [5, 5.41) is 0. The molecule has 0 atom stereocenters. The van der Waals surface area contributed by atoms with Crippen molar-refractivity contribution >= 4 is 0 Å². The van der Waals surface area contributed by atoms with Gasteiger partial charge in [0.2, 0.25) is 0 Å². The summed E-state index contributed by atoms with van der Waals surface area (Å²) in [7, 11) is 4.56. The fourth-order valence-electron chi connectivity index (χ4n) is 2.44. The van der Waals surface area contributed by atoms with Crippen LogP contribution in [0.1, 0.15) is 19.8 Å². The van der Waals surface area contributed by atoms with Crippen molar-refractivity contribution in [1.29, 1.82) is 0 Å². The molecule has 1 fully saturated rings. The van der Waals surface area contributed by atoms with E-state index < -0.39 is 0 Å². The van der Waals surface area contributed by atoms with Crippen molar-refractivity contribution in [3.8, 4) is 0 Å². The van der Waals surface area contributed by atoms with E-state index in [1.54, 1.807) is 9.80 Å². The average Bonchev–Trinajstić information content (AvgIpc) is 2.17. The number of nitrogens with one attached hydrogen (secondary N) is 2. The quantitative estimate of drug-likeness (QED) is 0.418. The van der Waals surface area contributed by atoms with Crippen LogP contribution in [0.15, 0.2) is 0 Å². The van der Waals surface area contributed by atoms with Gasteiger partial charge in [-0.1, -0.05) is 0 Å². The van der Waals surface area contributed by atoms with Crippen LogP contribution in [0.3, 0.4) is 0 Å². The molecule has 1 heterocycles. The fourth-order valence-corrected chi connectivity index (χ4v) is 2.44. The van der Waals surface area contributed by atoms with Crippen molar-refractivity contribution < 1.29 is 15.5 Å². The molecule has 78 valence electrons. The van der Waals surface area contributed by atoms with Crippen LogP contribution in [0, 0.1) is 0 Å². The molecule has 1 rings (SSSR count). The second-order valence-corrected chi connectivity index (χ2v) is 4.63. The van der Waals surface area contributed by atoms with Crippen LogP contribution in [-0.4, -0.2) is 45.8 Å². The minimum Gasteiger partial charge on any atom is -0.352 e. The summed E-state index contributed by atoms with van der Waals surface area (Å²) < 4.78 is 0. The van der Waals surface area contributed by atoms with Gasteiger partial charge in [0.1, 0.15) is 6.54 Å². The molecule has 0 aromatic rings. The molecule has 0 radical (unpaired) electrons. The molecule has 0 unspecified atom stereocenters. The Morgan fingerprint density at radius 2 is 1.85 bits per heavy atom. The molecule has 0 amide bonds. The predicted octanol–water partition coefficient (Wildman–Crippen LogP) is -3.19. The Balaban J connectivity index is 2.53. The SMILES string of the molecule is CC[NH+]1CCC(C[NH3+])([NH+](C)C)CC1. The maximum atomic E-state index is 4.12. The number of rotatable bonds is 3. The summed E-state index contributed by atoms with van der Waals surface area (Å²) in [6.45, 7) is 7.35. The minimum absolute atomic E-state index is 0.485. The lowest BCUT2D eigenvalue weighted by molar-refractivity contribution is -0.961. The first kappa shape index (κ1) is 11.0. The summed E-state index contributed by atoms with van der Waals surface area (Å²) >= 11 is 0. The van der Waals surface area contributed by atoms with Crippen LogP contribution in [-0.2, 0) is 0 Å². The van der Waals surface area contributed by atoms with Crippen LogP contribution in [0.25, 0.3) is 0 Å². The van der Waals surface area contributed by atoms with Crippen LogP contribution < -0.4 is 15.5 Å². The van der Waals surface area contributed by atoms with Gasteiger partial charge in [-0.25, -0.2) is 0 Å². The maximum Gasteiger partial charge on any atom is 0.157 e. The van der Waals surface area contributed by atoms with E-state index in [1.165, 1.54) is 32.5 Å². The van der Waals surface area contributed by atoms with Gasteiger partial charge in [0.05, 0.1) is 46.6 Å². The van der Waals surface area contributed by atoms with Crippen molar-refractivity contribution in [2.24, 2.45) is 0 Å². The van der Waals surface area contributed by atoms with E-state index in [4.69, 9.17) is 0 Å². The number of hydrogen-bond donors (Lipinski definition) is 3. The highest BCUT2D eigenvalue weighted by Gasteiger charge is 2.42. The van der Waals surface area contributed by atoms with Crippen molar-refractivity contribution in [1.82, 2.24) is 0 Å². The molecular formula is C10H26N3+3. The van der Waals surface area contributed by atoms with Crippen molar-refractivity contribution in [2.75, 3.05) is 40.3 Å². The normalized spacial score (nSPS) is 35.3. The third-order valence-electron chi connectivity index (χ3n) is 3.95. The number of quaternary nitrogens is 3. The molecule has 0 aliphatic carbocycles. The van der Waals surface area contributed by atoms with Gasteiger partial charge < -0.3 is 15.5 Å². The maximum absolute atomic E-state index is 4.12. The molecule has 0 saturated carbocycles. The van der Waals surface area contributed by atoms with Gasteiger partial charge in [-0.3, -0.25) is 0 Å². The van der Waals surface area contributed by atoms with E-state index >= 15 is 0 Å². The Labute approximate surface area is 81.9 Å². The summed E-state index contributed by atoms with van der Waals surface area (Å²) in [5.41, 5.74) is 4.61. The highest BCUT2D eigenvalue weighted by molar-refractivity contribution is 4.78. The summed E-state index contributed by atoms with van der Waals surface area (Å²) in [5.74, 6) is 0. The number of hydrogen-bond acceptors (Lipinski definition) is 0. The Bertz CT molecular complexity index is 148. The van der Waals surface area contributed by atoms with Gasteiger partial charge in [-0.15, -0.1) is 0 Å². The lowest BCUT2D eigenvalue weighted by atomic mass is 9.86. The second-order valence-electron chi connectivity index (χ2n) is 4.63. The van der Waals surface area contributed by atoms with Gasteiger partial charge in [0.15, 0.2) is 5.54 Å². The lowest BCUT2D eigenvalue weighted by Gasteiger charge is -2.39. The highest BCUT2D eigenvalue weighted by Crippen LogP contribution is 2.09. The summed E-state index contributed by atoms with van der Waals surface area (Å²) in [4.78, 5) is 3.36. The Kier molecular flexibility index (Phi) is 3.71. The van der Waals surface area contributed by atoms with Gasteiger partial charge in [0.25, 0.3) is 0 Å². The van der Waals surface area contributed by atoms with Crippen LogP contribution in [0.2, 0.25) is 0 Å². The van der Waals surface area contributed by atoms with Gasteiger partial charge in [-0.2, -0.15) is 0 Å². The minimum atomic E-state index is 0.485. The van der Waals surface area contributed by atoms with Crippen LogP contribution in [0.5, 0.6) is 0 Å². The van der Waals surface area contributed by atoms with Gasteiger partial charge in [-0.05, 0) is 6.92 Å². The molecule has 1 saturated heterocycles. The van der Waals surface area contributed by atoms with Crippen molar-refractivity contribution in [3.63, 3.8) is 0 Å². The third kappa shape index (κ3) is 2.22.